The van der Waals surface area contributed by atoms with E-state index in [2.05, 4.69) is 31.1 Å². The van der Waals surface area contributed by atoms with Crippen LogP contribution in [-0.4, -0.2) is 62.7 Å². The smallest absolute Gasteiger partial charge is 0.253 e. The van der Waals surface area contributed by atoms with E-state index >= 15 is 0 Å². The number of likely N-dealkylation sites (tertiary alicyclic amines) is 1. The molecular weight excluding hydrogens is 276 g/mol. The Morgan fingerprint density at radius 1 is 1.32 bits per heavy atom. The second-order valence-corrected chi connectivity index (χ2v) is 6.32. The van der Waals surface area contributed by atoms with E-state index in [4.69, 9.17) is 4.74 Å². The maximum atomic E-state index is 12.5. The molecule has 1 amide bonds. The van der Waals surface area contributed by atoms with E-state index in [1.807, 2.05) is 24.0 Å². The Morgan fingerprint density at radius 3 is 2.68 bits per heavy atom. The van der Waals surface area contributed by atoms with Gasteiger partial charge in [-0.2, -0.15) is 0 Å². The van der Waals surface area contributed by atoms with Crippen molar-refractivity contribution in [3.05, 3.63) is 35.4 Å². The summed E-state index contributed by atoms with van der Waals surface area (Å²) in [6.45, 7) is 6.22. The number of ether oxygens (including phenoxy) is 1. The standard InChI is InChI=1S/C18H28N2O2/c1-4-22-14-16-10-12-20(13-16)18(21)17-7-5-15(6-8-17)9-11-19(2)3/h5-8,16H,4,9-14H2,1-3H3/t16-/m0/s1. The SMILES string of the molecule is CCOC[C@H]1CCN(C(=O)c2ccc(CCN(C)C)cc2)C1. The summed E-state index contributed by atoms with van der Waals surface area (Å²) in [6, 6.07) is 8.07. The number of hydrogen-bond donors (Lipinski definition) is 0. The normalized spacial score (nSPS) is 18.2. The number of amides is 1. The summed E-state index contributed by atoms with van der Waals surface area (Å²) in [5.41, 5.74) is 2.08. The zero-order valence-corrected chi connectivity index (χ0v) is 14.0. The first-order valence-corrected chi connectivity index (χ1v) is 8.20. The van der Waals surface area contributed by atoms with Gasteiger partial charge in [-0.1, -0.05) is 12.1 Å². The van der Waals surface area contributed by atoms with E-state index in [9.17, 15) is 4.79 Å². The third-order valence-electron chi connectivity index (χ3n) is 4.18. The molecule has 4 nitrogen and oxygen atoms in total. The number of nitrogens with zero attached hydrogens (tertiary/aromatic N) is 2. The molecule has 1 atom stereocenters. The molecule has 0 aromatic heterocycles. The molecule has 0 unspecified atom stereocenters. The third kappa shape index (κ3) is 4.82. The zero-order valence-electron chi connectivity index (χ0n) is 14.0. The summed E-state index contributed by atoms with van der Waals surface area (Å²) in [4.78, 5) is 16.6. The number of hydrogen-bond acceptors (Lipinski definition) is 3. The lowest BCUT2D eigenvalue weighted by Crippen LogP contribution is -2.29. The molecule has 0 N–H and O–H groups in total. The van der Waals surface area contributed by atoms with Crippen molar-refractivity contribution in [3.8, 4) is 0 Å². The minimum atomic E-state index is 0.151. The van der Waals surface area contributed by atoms with Crippen LogP contribution in [0, 0.1) is 5.92 Å². The monoisotopic (exact) mass is 304 g/mol. The summed E-state index contributed by atoms with van der Waals surface area (Å²) in [5.74, 6) is 0.640. The van der Waals surface area contributed by atoms with Gasteiger partial charge in [-0.15, -0.1) is 0 Å². The van der Waals surface area contributed by atoms with Gasteiger partial charge in [0.05, 0.1) is 6.61 Å². The van der Waals surface area contributed by atoms with E-state index in [1.165, 1.54) is 5.56 Å². The highest BCUT2D eigenvalue weighted by molar-refractivity contribution is 5.94. The topological polar surface area (TPSA) is 32.8 Å². The van der Waals surface area contributed by atoms with Crippen LogP contribution in [-0.2, 0) is 11.2 Å². The van der Waals surface area contributed by atoms with Crippen molar-refractivity contribution < 1.29 is 9.53 Å². The fourth-order valence-electron chi connectivity index (χ4n) is 2.79. The molecule has 4 heteroatoms. The lowest BCUT2D eigenvalue weighted by Gasteiger charge is -2.17. The largest absolute Gasteiger partial charge is 0.381 e. The van der Waals surface area contributed by atoms with Gasteiger partial charge in [-0.05, 0) is 51.6 Å². The molecule has 0 bridgehead atoms. The van der Waals surface area contributed by atoms with E-state index in [1.54, 1.807) is 0 Å². The first-order valence-electron chi connectivity index (χ1n) is 8.20. The van der Waals surface area contributed by atoms with Crippen LogP contribution >= 0.6 is 0 Å². The van der Waals surface area contributed by atoms with Crippen molar-refractivity contribution in [3.63, 3.8) is 0 Å². The molecule has 0 saturated carbocycles. The Hall–Kier alpha value is -1.39. The van der Waals surface area contributed by atoms with E-state index in [-0.39, 0.29) is 5.91 Å². The van der Waals surface area contributed by atoms with Crippen LogP contribution in [0.2, 0.25) is 0 Å². The first kappa shape index (κ1) is 17.0. The molecule has 1 aliphatic heterocycles. The molecule has 2 rings (SSSR count). The number of carbonyl (C=O) groups excluding carboxylic acids is 1. The fourth-order valence-corrected chi connectivity index (χ4v) is 2.79. The predicted octanol–water partition coefficient (Wildman–Crippen LogP) is 2.29. The minimum Gasteiger partial charge on any atom is -0.381 e. The molecule has 1 saturated heterocycles. The summed E-state index contributed by atoms with van der Waals surface area (Å²) in [5, 5.41) is 0. The van der Waals surface area contributed by atoms with Gasteiger partial charge in [-0.3, -0.25) is 4.79 Å². The van der Waals surface area contributed by atoms with Crippen LogP contribution in [0.4, 0.5) is 0 Å². The molecule has 0 radical (unpaired) electrons. The van der Waals surface area contributed by atoms with Gasteiger partial charge in [0.2, 0.25) is 0 Å². The molecule has 1 aliphatic rings. The van der Waals surface area contributed by atoms with Crippen molar-refractivity contribution in [2.24, 2.45) is 5.92 Å². The molecule has 0 aliphatic carbocycles. The van der Waals surface area contributed by atoms with Crippen molar-refractivity contribution >= 4 is 5.91 Å². The van der Waals surface area contributed by atoms with Gasteiger partial charge in [0, 0.05) is 37.7 Å². The van der Waals surface area contributed by atoms with E-state index in [0.717, 1.165) is 51.3 Å². The molecule has 22 heavy (non-hydrogen) atoms. The summed E-state index contributed by atoms with van der Waals surface area (Å²) in [7, 11) is 4.15. The van der Waals surface area contributed by atoms with Crippen LogP contribution in [0.15, 0.2) is 24.3 Å². The molecule has 1 aromatic carbocycles. The van der Waals surface area contributed by atoms with Crippen molar-refractivity contribution in [1.29, 1.82) is 0 Å². The lowest BCUT2D eigenvalue weighted by molar-refractivity contribution is 0.0763. The van der Waals surface area contributed by atoms with Gasteiger partial charge in [0.15, 0.2) is 0 Å². The predicted molar refractivity (Wildman–Crippen MR) is 89.2 cm³/mol. The second-order valence-electron chi connectivity index (χ2n) is 6.32. The van der Waals surface area contributed by atoms with Crippen molar-refractivity contribution in [1.82, 2.24) is 9.80 Å². The van der Waals surface area contributed by atoms with Crippen LogP contribution in [0.3, 0.4) is 0 Å². The molecule has 1 heterocycles. The molecule has 1 fully saturated rings. The number of benzene rings is 1. The Morgan fingerprint density at radius 2 is 2.05 bits per heavy atom. The Balaban J connectivity index is 1.87. The summed E-state index contributed by atoms with van der Waals surface area (Å²) >= 11 is 0. The Bertz CT molecular complexity index is 470. The van der Waals surface area contributed by atoms with Gasteiger partial charge in [0.25, 0.3) is 5.91 Å². The van der Waals surface area contributed by atoms with E-state index < -0.39 is 0 Å². The average Bonchev–Trinajstić information content (AvgIpc) is 2.99. The fraction of sp³-hybridized carbons (Fsp3) is 0.611. The maximum Gasteiger partial charge on any atom is 0.253 e. The highest BCUT2D eigenvalue weighted by Crippen LogP contribution is 2.19. The quantitative estimate of drug-likeness (QED) is 0.775. The molecule has 0 spiro atoms. The van der Waals surface area contributed by atoms with Gasteiger partial charge in [0.1, 0.15) is 0 Å². The van der Waals surface area contributed by atoms with E-state index in [0.29, 0.717) is 5.92 Å². The average molecular weight is 304 g/mol. The third-order valence-corrected chi connectivity index (χ3v) is 4.18. The molecular formula is C18H28N2O2. The minimum absolute atomic E-state index is 0.151. The lowest BCUT2D eigenvalue weighted by atomic mass is 10.1. The molecule has 122 valence electrons. The van der Waals surface area contributed by atoms with Crippen LogP contribution < -0.4 is 0 Å². The maximum absolute atomic E-state index is 12.5. The summed E-state index contributed by atoms with van der Waals surface area (Å²) < 4.78 is 5.47. The van der Waals surface area contributed by atoms with Crippen LogP contribution in [0.1, 0.15) is 29.3 Å². The molecule has 1 aromatic rings. The van der Waals surface area contributed by atoms with Crippen molar-refractivity contribution in [2.75, 3.05) is 46.9 Å². The number of rotatable bonds is 7. The Labute approximate surface area is 134 Å². The number of carbonyl (C=O) groups is 1. The van der Waals surface area contributed by atoms with Gasteiger partial charge >= 0.3 is 0 Å². The van der Waals surface area contributed by atoms with Crippen LogP contribution in [0.5, 0.6) is 0 Å². The van der Waals surface area contributed by atoms with Gasteiger partial charge in [-0.25, -0.2) is 0 Å². The van der Waals surface area contributed by atoms with Crippen molar-refractivity contribution in [2.45, 2.75) is 19.8 Å². The Kier molecular flexibility index (Phi) is 6.40. The second kappa shape index (κ2) is 8.30. The first-order chi connectivity index (χ1) is 10.6. The van der Waals surface area contributed by atoms with Crippen LogP contribution in [0.25, 0.3) is 0 Å². The highest BCUT2D eigenvalue weighted by atomic mass is 16.5. The highest BCUT2D eigenvalue weighted by Gasteiger charge is 2.26. The summed E-state index contributed by atoms with van der Waals surface area (Å²) in [6.07, 6.45) is 2.06. The van der Waals surface area contributed by atoms with Gasteiger partial charge < -0.3 is 14.5 Å². The zero-order chi connectivity index (χ0) is 15.9. The number of likely N-dealkylation sites (N-methyl/N-ethyl adjacent to an activating group) is 1.